The average molecular weight is 235 g/mol. The van der Waals surface area contributed by atoms with Crippen LogP contribution in [0.5, 0.6) is 0 Å². The van der Waals surface area contributed by atoms with Crippen LogP contribution in [0.4, 0.5) is 10.5 Å². The molecular weight excluding hydrogens is 218 g/mol. The molecule has 5 heteroatoms. The van der Waals surface area contributed by atoms with Gasteiger partial charge in [-0.2, -0.15) is 0 Å². The fourth-order valence-electron chi connectivity index (χ4n) is 1.82. The second-order valence-electron chi connectivity index (χ2n) is 4.32. The largest absolute Gasteiger partial charge is 0.387 e. The first-order valence-corrected chi connectivity index (χ1v) is 5.71. The van der Waals surface area contributed by atoms with Gasteiger partial charge in [-0.05, 0) is 25.1 Å². The Morgan fingerprint density at radius 2 is 2.18 bits per heavy atom. The first kappa shape index (κ1) is 11.9. The van der Waals surface area contributed by atoms with E-state index in [0.29, 0.717) is 13.0 Å². The van der Waals surface area contributed by atoms with Crippen LogP contribution in [0.15, 0.2) is 30.3 Å². The number of rotatable bonds is 3. The van der Waals surface area contributed by atoms with Crippen LogP contribution >= 0.6 is 0 Å². The van der Waals surface area contributed by atoms with E-state index in [0.717, 1.165) is 12.2 Å². The fourth-order valence-corrected chi connectivity index (χ4v) is 1.82. The highest BCUT2D eigenvalue weighted by molar-refractivity contribution is 5.89. The maximum absolute atomic E-state index is 11.6. The molecule has 1 aromatic rings. The second kappa shape index (κ2) is 5.16. The molecule has 0 aliphatic carbocycles. The summed E-state index contributed by atoms with van der Waals surface area (Å²) in [5.41, 5.74) is -0.0739. The summed E-state index contributed by atoms with van der Waals surface area (Å²) in [4.78, 5) is 11.6. The molecule has 1 saturated heterocycles. The van der Waals surface area contributed by atoms with Gasteiger partial charge < -0.3 is 21.1 Å². The van der Waals surface area contributed by atoms with Crippen LogP contribution in [-0.4, -0.2) is 36.4 Å². The van der Waals surface area contributed by atoms with Gasteiger partial charge in [0, 0.05) is 18.8 Å². The molecule has 1 heterocycles. The van der Waals surface area contributed by atoms with Crippen LogP contribution in [0, 0.1) is 0 Å². The molecular formula is C12H17N3O2. The zero-order valence-corrected chi connectivity index (χ0v) is 9.57. The summed E-state index contributed by atoms with van der Waals surface area (Å²) in [6, 6.07) is 8.91. The van der Waals surface area contributed by atoms with Gasteiger partial charge in [0.05, 0.1) is 5.60 Å². The number of carbonyl (C=O) groups excluding carboxylic acids is 1. The molecule has 0 bridgehead atoms. The minimum Gasteiger partial charge on any atom is -0.387 e. The smallest absolute Gasteiger partial charge is 0.319 e. The molecule has 0 saturated carbocycles. The number of anilines is 1. The van der Waals surface area contributed by atoms with Crippen molar-refractivity contribution in [3.05, 3.63) is 30.3 Å². The van der Waals surface area contributed by atoms with Crippen molar-refractivity contribution in [2.24, 2.45) is 0 Å². The Morgan fingerprint density at radius 1 is 1.41 bits per heavy atom. The highest BCUT2D eigenvalue weighted by Crippen LogP contribution is 2.12. The van der Waals surface area contributed by atoms with E-state index >= 15 is 0 Å². The Morgan fingerprint density at radius 3 is 2.82 bits per heavy atom. The number of hydrogen-bond acceptors (Lipinski definition) is 3. The minimum absolute atomic E-state index is 0.263. The molecule has 2 amide bonds. The van der Waals surface area contributed by atoms with Crippen LogP contribution in [0.1, 0.15) is 6.42 Å². The molecule has 5 nitrogen and oxygen atoms in total. The third-order valence-electron chi connectivity index (χ3n) is 2.83. The van der Waals surface area contributed by atoms with Crippen molar-refractivity contribution in [3.8, 4) is 0 Å². The number of hydrogen-bond donors (Lipinski definition) is 4. The summed E-state index contributed by atoms with van der Waals surface area (Å²) < 4.78 is 0. The first-order valence-electron chi connectivity index (χ1n) is 5.71. The topological polar surface area (TPSA) is 73.4 Å². The highest BCUT2D eigenvalue weighted by atomic mass is 16.3. The van der Waals surface area contributed by atoms with Gasteiger partial charge >= 0.3 is 6.03 Å². The monoisotopic (exact) mass is 235 g/mol. The summed E-state index contributed by atoms with van der Waals surface area (Å²) in [5, 5.41) is 18.4. The van der Waals surface area contributed by atoms with Crippen molar-refractivity contribution < 1.29 is 9.90 Å². The van der Waals surface area contributed by atoms with Crippen molar-refractivity contribution in [1.29, 1.82) is 0 Å². The predicted molar refractivity (Wildman–Crippen MR) is 65.9 cm³/mol. The van der Waals surface area contributed by atoms with Crippen LogP contribution < -0.4 is 16.0 Å². The quantitative estimate of drug-likeness (QED) is 0.617. The molecule has 1 unspecified atom stereocenters. The number of nitrogens with one attached hydrogen (secondary N) is 3. The predicted octanol–water partition coefficient (Wildman–Crippen LogP) is 0.532. The van der Waals surface area contributed by atoms with Gasteiger partial charge in [-0.15, -0.1) is 0 Å². The molecule has 92 valence electrons. The molecule has 1 fully saturated rings. The van der Waals surface area contributed by atoms with Crippen LogP contribution in [0.2, 0.25) is 0 Å². The molecule has 0 radical (unpaired) electrons. The lowest BCUT2D eigenvalue weighted by atomic mass is 10.0. The van der Waals surface area contributed by atoms with Gasteiger partial charge in [-0.3, -0.25) is 0 Å². The Balaban J connectivity index is 1.78. The van der Waals surface area contributed by atoms with Gasteiger partial charge in [0.15, 0.2) is 0 Å². The zero-order valence-electron chi connectivity index (χ0n) is 9.57. The molecule has 0 spiro atoms. The lowest BCUT2D eigenvalue weighted by Gasteiger charge is -2.21. The highest BCUT2D eigenvalue weighted by Gasteiger charge is 2.31. The van der Waals surface area contributed by atoms with E-state index in [1.165, 1.54) is 0 Å². The Bertz CT molecular complexity index is 375. The zero-order chi connectivity index (χ0) is 12.1. The van der Waals surface area contributed by atoms with E-state index in [4.69, 9.17) is 0 Å². The van der Waals surface area contributed by atoms with Gasteiger partial charge in [-0.1, -0.05) is 18.2 Å². The van der Waals surface area contributed by atoms with Gasteiger partial charge in [0.1, 0.15) is 0 Å². The van der Waals surface area contributed by atoms with Crippen molar-refractivity contribution in [2.45, 2.75) is 12.0 Å². The summed E-state index contributed by atoms with van der Waals surface area (Å²) in [6.45, 7) is 1.58. The maximum atomic E-state index is 11.6. The Hall–Kier alpha value is -1.59. The number of urea groups is 1. The maximum Gasteiger partial charge on any atom is 0.319 e. The Labute approximate surface area is 100 Å². The summed E-state index contributed by atoms with van der Waals surface area (Å²) in [7, 11) is 0. The lowest BCUT2D eigenvalue weighted by molar-refractivity contribution is 0.0640. The van der Waals surface area contributed by atoms with Crippen LogP contribution in [0.25, 0.3) is 0 Å². The number of carbonyl (C=O) groups is 1. The number of amides is 2. The van der Waals surface area contributed by atoms with E-state index in [1.807, 2.05) is 30.3 Å². The van der Waals surface area contributed by atoms with Crippen molar-refractivity contribution in [2.75, 3.05) is 25.0 Å². The molecule has 1 atom stereocenters. The van der Waals surface area contributed by atoms with Crippen molar-refractivity contribution in [1.82, 2.24) is 10.6 Å². The molecule has 2 rings (SSSR count). The average Bonchev–Trinajstić information content (AvgIpc) is 2.76. The third-order valence-corrected chi connectivity index (χ3v) is 2.83. The number of β-amino-alcohol motifs (C(OH)–C–C–N with tert-alkyl or cyclic N) is 1. The normalized spacial score (nSPS) is 23.4. The number of para-hydroxylation sites is 1. The van der Waals surface area contributed by atoms with Crippen molar-refractivity contribution in [3.63, 3.8) is 0 Å². The third kappa shape index (κ3) is 3.44. The summed E-state index contributed by atoms with van der Waals surface area (Å²) in [5.74, 6) is 0. The van der Waals surface area contributed by atoms with E-state index in [2.05, 4.69) is 16.0 Å². The fraction of sp³-hybridized carbons (Fsp3) is 0.417. The SMILES string of the molecule is O=C(NCC1(O)CCNC1)Nc1ccccc1. The lowest BCUT2D eigenvalue weighted by Crippen LogP contribution is -2.45. The van der Waals surface area contributed by atoms with Gasteiger partial charge in [0.25, 0.3) is 0 Å². The summed E-state index contributed by atoms with van der Waals surface area (Å²) in [6.07, 6.45) is 0.665. The Kier molecular flexibility index (Phi) is 3.61. The van der Waals surface area contributed by atoms with E-state index in [1.54, 1.807) is 0 Å². The number of benzene rings is 1. The van der Waals surface area contributed by atoms with E-state index in [9.17, 15) is 9.90 Å². The first-order chi connectivity index (χ1) is 8.18. The number of aliphatic hydroxyl groups is 1. The minimum atomic E-state index is -0.811. The molecule has 17 heavy (non-hydrogen) atoms. The molecule has 1 aliphatic heterocycles. The molecule has 1 aliphatic rings. The van der Waals surface area contributed by atoms with E-state index < -0.39 is 5.60 Å². The van der Waals surface area contributed by atoms with Crippen molar-refractivity contribution >= 4 is 11.7 Å². The molecule has 4 N–H and O–H groups in total. The van der Waals surface area contributed by atoms with Crippen LogP contribution in [-0.2, 0) is 0 Å². The molecule has 0 aromatic heterocycles. The summed E-state index contributed by atoms with van der Waals surface area (Å²) >= 11 is 0. The van der Waals surface area contributed by atoms with Crippen LogP contribution in [0.3, 0.4) is 0 Å². The second-order valence-corrected chi connectivity index (χ2v) is 4.32. The molecule has 1 aromatic carbocycles. The van der Waals surface area contributed by atoms with Gasteiger partial charge in [0.2, 0.25) is 0 Å². The standard InChI is InChI=1S/C12H17N3O2/c16-11(15-10-4-2-1-3-5-10)14-9-12(17)6-7-13-8-12/h1-5,13,17H,6-9H2,(H2,14,15,16). The van der Waals surface area contributed by atoms with E-state index in [-0.39, 0.29) is 12.6 Å². The van der Waals surface area contributed by atoms with Gasteiger partial charge in [-0.25, -0.2) is 4.79 Å².